The molecule has 1 aliphatic carbocycles. The second-order valence-corrected chi connectivity index (χ2v) is 6.99. The molecule has 1 atom stereocenters. The number of rotatable bonds is 4. The summed E-state index contributed by atoms with van der Waals surface area (Å²) in [5.41, 5.74) is 9.81. The molecule has 1 aliphatic rings. The van der Waals surface area contributed by atoms with E-state index in [0.29, 0.717) is 5.92 Å². The van der Waals surface area contributed by atoms with E-state index >= 15 is 0 Å². The van der Waals surface area contributed by atoms with Crippen molar-refractivity contribution in [2.24, 2.45) is 0 Å². The maximum Gasteiger partial charge on any atom is -0.00135 e. The Morgan fingerprint density at radius 2 is 1.52 bits per heavy atom. The van der Waals surface area contributed by atoms with Gasteiger partial charge in [-0.2, -0.15) is 0 Å². The third-order valence-electron chi connectivity index (χ3n) is 5.43. The summed E-state index contributed by atoms with van der Waals surface area (Å²) >= 11 is 0. The second-order valence-electron chi connectivity index (χ2n) is 6.99. The van der Waals surface area contributed by atoms with E-state index < -0.39 is 0 Å². The first kappa shape index (κ1) is 15.9. The summed E-state index contributed by atoms with van der Waals surface area (Å²) in [4.78, 5) is 0. The molecule has 0 aromatic heterocycles. The van der Waals surface area contributed by atoms with Gasteiger partial charge in [-0.25, -0.2) is 0 Å². The highest BCUT2D eigenvalue weighted by atomic mass is 14.2. The zero-order valence-corrected chi connectivity index (χ0v) is 15.0. The Bertz CT molecular complexity index is 916. The smallest absolute Gasteiger partial charge is 0.00135 e. The summed E-state index contributed by atoms with van der Waals surface area (Å²) in [6.07, 6.45) is 4.59. The van der Waals surface area contributed by atoms with Crippen LogP contribution in [0.2, 0.25) is 0 Å². The molecule has 3 aromatic rings. The van der Waals surface area contributed by atoms with Crippen molar-refractivity contribution in [2.45, 2.75) is 32.6 Å². The van der Waals surface area contributed by atoms with Crippen molar-refractivity contribution in [3.05, 3.63) is 95.1 Å². The zero-order valence-electron chi connectivity index (χ0n) is 15.0. The van der Waals surface area contributed by atoms with Crippen molar-refractivity contribution < 1.29 is 0 Å². The molecule has 3 aromatic carbocycles. The van der Waals surface area contributed by atoms with Crippen LogP contribution in [0.1, 0.15) is 48.4 Å². The molecule has 0 heterocycles. The van der Waals surface area contributed by atoms with E-state index in [4.69, 9.17) is 0 Å². The minimum atomic E-state index is 0.575. The summed E-state index contributed by atoms with van der Waals surface area (Å²) in [7, 11) is 0. The first-order valence-corrected chi connectivity index (χ1v) is 9.25. The molecule has 0 N–H and O–H groups in total. The van der Waals surface area contributed by atoms with Crippen LogP contribution >= 0.6 is 0 Å². The molecular formula is C25H24. The van der Waals surface area contributed by atoms with Crippen molar-refractivity contribution in [3.8, 4) is 11.1 Å². The van der Waals surface area contributed by atoms with Gasteiger partial charge in [0.05, 0.1) is 0 Å². The molecule has 0 saturated carbocycles. The van der Waals surface area contributed by atoms with Gasteiger partial charge < -0.3 is 0 Å². The summed E-state index contributed by atoms with van der Waals surface area (Å²) in [6.45, 7) is 4.59. The largest absolute Gasteiger partial charge is 0.0648 e. The lowest BCUT2D eigenvalue weighted by molar-refractivity contribution is 0.735. The molecular weight excluding hydrogens is 300 g/mol. The fourth-order valence-corrected chi connectivity index (χ4v) is 3.83. The van der Waals surface area contributed by atoms with Crippen LogP contribution in [0.15, 0.2) is 72.8 Å². The van der Waals surface area contributed by atoms with Crippen LogP contribution in [0.25, 0.3) is 22.8 Å². The predicted octanol–water partition coefficient (Wildman–Crippen LogP) is 6.96. The third-order valence-corrected chi connectivity index (χ3v) is 5.43. The fourth-order valence-electron chi connectivity index (χ4n) is 3.83. The lowest BCUT2D eigenvalue weighted by atomic mass is 9.87. The standard InChI is InChI=1S/C25H24/c1-3-18(2)22-13-7-8-14-23(22)24-15-9-12-20-16-21(17-25(20)24)19-10-5-4-6-11-19/h4-15,17-18H,3,16H2,1-2H3. The average molecular weight is 324 g/mol. The zero-order chi connectivity index (χ0) is 17.2. The van der Waals surface area contributed by atoms with E-state index in [0.717, 1.165) is 12.8 Å². The molecule has 124 valence electrons. The molecule has 0 spiro atoms. The van der Waals surface area contributed by atoms with Crippen LogP contribution in [0.4, 0.5) is 0 Å². The van der Waals surface area contributed by atoms with Gasteiger partial charge in [0.25, 0.3) is 0 Å². The molecule has 25 heavy (non-hydrogen) atoms. The lowest BCUT2D eigenvalue weighted by Crippen LogP contribution is -1.96. The van der Waals surface area contributed by atoms with Gasteiger partial charge in [0.15, 0.2) is 0 Å². The van der Waals surface area contributed by atoms with Gasteiger partial charge in [0.1, 0.15) is 0 Å². The molecule has 4 rings (SSSR count). The topological polar surface area (TPSA) is 0 Å². The lowest BCUT2D eigenvalue weighted by Gasteiger charge is -2.17. The van der Waals surface area contributed by atoms with E-state index in [9.17, 15) is 0 Å². The van der Waals surface area contributed by atoms with Gasteiger partial charge in [0, 0.05) is 0 Å². The Labute approximate surface area is 150 Å². The number of hydrogen-bond acceptors (Lipinski definition) is 0. The van der Waals surface area contributed by atoms with Crippen molar-refractivity contribution >= 4 is 11.6 Å². The minimum Gasteiger partial charge on any atom is -0.0648 e. The highest BCUT2D eigenvalue weighted by molar-refractivity contribution is 5.94. The Morgan fingerprint density at radius 3 is 2.32 bits per heavy atom. The third kappa shape index (κ3) is 2.93. The quantitative estimate of drug-likeness (QED) is 0.486. The molecule has 1 unspecified atom stereocenters. The summed E-state index contributed by atoms with van der Waals surface area (Å²) in [5.74, 6) is 0.575. The van der Waals surface area contributed by atoms with Gasteiger partial charge >= 0.3 is 0 Å². The van der Waals surface area contributed by atoms with Gasteiger partial charge in [-0.05, 0) is 63.8 Å². The van der Waals surface area contributed by atoms with Crippen LogP contribution in [0.5, 0.6) is 0 Å². The maximum absolute atomic E-state index is 2.40. The average Bonchev–Trinajstić information content (AvgIpc) is 3.12. The highest BCUT2D eigenvalue weighted by Crippen LogP contribution is 2.40. The van der Waals surface area contributed by atoms with Gasteiger partial charge in [-0.1, -0.05) is 86.6 Å². The molecule has 0 saturated heterocycles. The first-order valence-electron chi connectivity index (χ1n) is 9.25. The normalized spacial score (nSPS) is 14.1. The SMILES string of the molecule is CCC(C)c1ccccc1-c1cccc2c1C=C(c1ccccc1)C2. The molecule has 0 aliphatic heterocycles. The van der Waals surface area contributed by atoms with Crippen LogP contribution < -0.4 is 0 Å². The molecule has 0 radical (unpaired) electrons. The predicted molar refractivity (Wildman–Crippen MR) is 109 cm³/mol. The molecule has 0 nitrogen and oxygen atoms in total. The Hall–Kier alpha value is -2.60. The first-order chi connectivity index (χ1) is 12.3. The van der Waals surface area contributed by atoms with E-state index in [1.807, 2.05) is 0 Å². The Balaban J connectivity index is 1.84. The number of hydrogen-bond donors (Lipinski definition) is 0. The van der Waals surface area contributed by atoms with E-state index in [1.54, 1.807) is 0 Å². The van der Waals surface area contributed by atoms with Crippen molar-refractivity contribution in [2.75, 3.05) is 0 Å². The van der Waals surface area contributed by atoms with Crippen LogP contribution in [0, 0.1) is 0 Å². The molecule has 0 fully saturated rings. The summed E-state index contributed by atoms with van der Waals surface area (Å²) < 4.78 is 0. The van der Waals surface area contributed by atoms with Crippen molar-refractivity contribution in [3.63, 3.8) is 0 Å². The van der Waals surface area contributed by atoms with E-state index in [-0.39, 0.29) is 0 Å². The molecule has 0 amide bonds. The van der Waals surface area contributed by atoms with Gasteiger partial charge in [0.2, 0.25) is 0 Å². The maximum atomic E-state index is 2.40. The van der Waals surface area contributed by atoms with Crippen LogP contribution in [-0.2, 0) is 6.42 Å². The van der Waals surface area contributed by atoms with Gasteiger partial charge in [-0.3, -0.25) is 0 Å². The molecule has 0 heteroatoms. The van der Waals surface area contributed by atoms with E-state index in [2.05, 4.69) is 92.7 Å². The van der Waals surface area contributed by atoms with Crippen LogP contribution in [-0.4, -0.2) is 0 Å². The number of allylic oxidation sites excluding steroid dienone is 1. The summed E-state index contributed by atoms with van der Waals surface area (Å²) in [5, 5.41) is 0. The number of fused-ring (bicyclic) bond motifs is 1. The molecule has 0 bridgehead atoms. The summed E-state index contributed by atoms with van der Waals surface area (Å²) in [6, 6.07) is 26.4. The van der Waals surface area contributed by atoms with Crippen molar-refractivity contribution in [1.29, 1.82) is 0 Å². The monoisotopic (exact) mass is 324 g/mol. The number of benzene rings is 3. The van der Waals surface area contributed by atoms with Crippen molar-refractivity contribution in [1.82, 2.24) is 0 Å². The Kier molecular flexibility index (Phi) is 4.28. The van der Waals surface area contributed by atoms with Crippen LogP contribution in [0.3, 0.4) is 0 Å². The van der Waals surface area contributed by atoms with Gasteiger partial charge in [-0.15, -0.1) is 0 Å². The Morgan fingerprint density at radius 1 is 0.800 bits per heavy atom. The van der Waals surface area contributed by atoms with E-state index in [1.165, 1.54) is 39.0 Å². The minimum absolute atomic E-state index is 0.575. The highest BCUT2D eigenvalue weighted by Gasteiger charge is 2.19. The second kappa shape index (κ2) is 6.72. The fraction of sp³-hybridized carbons (Fsp3) is 0.200.